The molecule has 13 heavy (non-hydrogen) atoms. The van der Waals surface area contributed by atoms with E-state index in [0.717, 1.165) is 18.6 Å². The first kappa shape index (κ1) is 12.7. The van der Waals surface area contributed by atoms with Crippen molar-refractivity contribution in [3.8, 4) is 0 Å². The van der Waals surface area contributed by atoms with Crippen LogP contribution in [0, 0.1) is 0 Å². The molecule has 0 radical (unpaired) electrons. The van der Waals surface area contributed by atoms with Crippen LogP contribution < -0.4 is 0 Å². The summed E-state index contributed by atoms with van der Waals surface area (Å²) in [7, 11) is 0. The van der Waals surface area contributed by atoms with Gasteiger partial charge in [-0.05, 0) is 18.6 Å². The van der Waals surface area contributed by atoms with Gasteiger partial charge in [-0.1, -0.05) is 6.42 Å². The number of carbonyl (C=O) groups is 1. The van der Waals surface area contributed by atoms with Crippen LogP contribution in [0.5, 0.6) is 0 Å². The number of halogens is 2. The zero-order chi connectivity index (χ0) is 10.1. The second-order valence-electron chi connectivity index (χ2n) is 2.69. The molecule has 0 spiro atoms. The molecule has 0 aromatic rings. The Labute approximate surface area is 80.7 Å². The fourth-order valence-corrected chi connectivity index (χ4v) is 1.57. The van der Waals surface area contributed by atoms with E-state index in [4.69, 9.17) is 5.11 Å². The summed E-state index contributed by atoms with van der Waals surface area (Å²) in [6, 6.07) is 0. The maximum absolute atomic E-state index is 11.6. The van der Waals surface area contributed by atoms with Gasteiger partial charge in [-0.2, -0.15) is 11.8 Å². The topological polar surface area (TPSA) is 37.3 Å². The highest BCUT2D eigenvalue weighted by Crippen LogP contribution is 2.10. The van der Waals surface area contributed by atoms with E-state index in [1.54, 1.807) is 0 Å². The zero-order valence-electron chi connectivity index (χ0n) is 7.34. The molecule has 0 saturated carbocycles. The number of carboxylic acids is 1. The number of hydrogen-bond donors (Lipinski definition) is 1. The van der Waals surface area contributed by atoms with Crippen LogP contribution in [0.1, 0.15) is 25.7 Å². The standard InChI is InChI=1S/C8H14F2O2S/c9-7(10)4-2-1-3-5-13-6-8(11)12/h7H,1-6H2,(H,11,12). The van der Waals surface area contributed by atoms with Crippen LogP contribution in [-0.2, 0) is 4.79 Å². The summed E-state index contributed by atoms with van der Waals surface area (Å²) in [4.78, 5) is 10.1. The quantitative estimate of drug-likeness (QED) is 0.628. The van der Waals surface area contributed by atoms with Crippen molar-refractivity contribution in [1.82, 2.24) is 0 Å². The Hall–Kier alpha value is -0.320. The Kier molecular flexibility index (Phi) is 8.08. The minimum atomic E-state index is -2.20. The molecule has 0 aromatic heterocycles. The fourth-order valence-electron chi connectivity index (χ4n) is 0.839. The van der Waals surface area contributed by atoms with E-state index in [1.807, 2.05) is 0 Å². The molecule has 0 heterocycles. The summed E-state index contributed by atoms with van der Waals surface area (Å²) in [5.41, 5.74) is 0. The Balaban J connectivity index is 2.96. The van der Waals surface area contributed by atoms with Crippen molar-refractivity contribution in [2.45, 2.75) is 32.1 Å². The lowest BCUT2D eigenvalue weighted by Gasteiger charge is -1.99. The van der Waals surface area contributed by atoms with Gasteiger partial charge in [-0.15, -0.1) is 0 Å². The third-order valence-electron chi connectivity index (χ3n) is 1.44. The summed E-state index contributed by atoms with van der Waals surface area (Å²) in [5, 5.41) is 8.27. The summed E-state index contributed by atoms with van der Waals surface area (Å²) in [5.74, 6) is 0.0299. The third kappa shape index (κ3) is 11.7. The van der Waals surface area contributed by atoms with Gasteiger partial charge >= 0.3 is 5.97 Å². The number of hydrogen-bond acceptors (Lipinski definition) is 2. The average molecular weight is 212 g/mol. The van der Waals surface area contributed by atoms with E-state index in [-0.39, 0.29) is 12.2 Å². The molecule has 0 aliphatic carbocycles. The van der Waals surface area contributed by atoms with Crippen molar-refractivity contribution in [3.05, 3.63) is 0 Å². The predicted octanol–water partition coefficient (Wildman–Crippen LogP) is 2.63. The maximum atomic E-state index is 11.6. The lowest BCUT2D eigenvalue weighted by atomic mass is 10.2. The molecular formula is C8H14F2O2S. The largest absolute Gasteiger partial charge is 0.481 e. The van der Waals surface area contributed by atoms with Crippen LogP contribution in [-0.4, -0.2) is 29.0 Å². The number of alkyl halides is 2. The van der Waals surface area contributed by atoms with Crippen molar-refractivity contribution >= 4 is 17.7 Å². The number of thioether (sulfide) groups is 1. The number of unbranched alkanes of at least 4 members (excludes halogenated alkanes) is 2. The fraction of sp³-hybridized carbons (Fsp3) is 0.875. The molecular weight excluding hydrogens is 198 g/mol. The second kappa shape index (κ2) is 8.29. The molecule has 0 aliphatic heterocycles. The van der Waals surface area contributed by atoms with Gasteiger partial charge in [0.25, 0.3) is 0 Å². The molecule has 0 unspecified atom stereocenters. The summed E-state index contributed by atoms with van der Waals surface area (Å²) >= 11 is 1.33. The third-order valence-corrected chi connectivity index (χ3v) is 2.46. The zero-order valence-corrected chi connectivity index (χ0v) is 8.16. The van der Waals surface area contributed by atoms with Crippen molar-refractivity contribution in [1.29, 1.82) is 0 Å². The van der Waals surface area contributed by atoms with Crippen molar-refractivity contribution in [2.24, 2.45) is 0 Å². The number of aliphatic carboxylic acids is 1. The van der Waals surface area contributed by atoms with E-state index < -0.39 is 12.4 Å². The van der Waals surface area contributed by atoms with Gasteiger partial charge in [0.15, 0.2) is 0 Å². The van der Waals surface area contributed by atoms with E-state index in [9.17, 15) is 13.6 Å². The predicted molar refractivity (Wildman–Crippen MR) is 49.4 cm³/mol. The van der Waals surface area contributed by atoms with Gasteiger partial charge in [0.1, 0.15) is 0 Å². The van der Waals surface area contributed by atoms with Crippen LogP contribution >= 0.6 is 11.8 Å². The molecule has 78 valence electrons. The molecule has 0 bridgehead atoms. The van der Waals surface area contributed by atoms with Crippen molar-refractivity contribution in [2.75, 3.05) is 11.5 Å². The first-order valence-electron chi connectivity index (χ1n) is 4.20. The monoisotopic (exact) mass is 212 g/mol. The van der Waals surface area contributed by atoms with Crippen LogP contribution in [0.2, 0.25) is 0 Å². The van der Waals surface area contributed by atoms with Gasteiger partial charge < -0.3 is 5.11 Å². The SMILES string of the molecule is O=C(O)CSCCCCCC(F)F. The second-order valence-corrected chi connectivity index (χ2v) is 3.79. The minimum Gasteiger partial charge on any atom is -0.481 e. The number of carboxylic acid groups (broad SMARTS) is 1. The highest BCUT2D eigenvalue weighted by molar-refractivity contribution is 7.99. The molecule has 0 aliphatic rings. The Morgan fingerprint density at radius 3 is 2.54 bits per heavy atom. The normalized spacial score (nSPS) is 10.7. The number of rotatable bonds is 8. The maximum Gasteiger partial charge on any atom is 0.313 e. The summed E-state index contributed by atoms with van der Waals surface area (Å²) in [6.07, 6.45) is -0.122. The van der Waals surface area contributed by atoms with Gasteiger partial charge in [0, 0.05) is 6.42 Å². The van der Waals surface area contributed by atoms with Gasteiger partial charge in [-0.3, -0.25) is 4.79 Å². The Morgan fingerprint density at radius 2 is 2.00 bits per heavy atom. The summed E-state index contributed by atoms with van der Waals surface area (Å²) in [6.45, 7) is 0. The van der Waals surface area contributed by atoms with Crippen LogP contribution in [0.15, 0.2) is 0 Å². The molecule has 0 amide bonds. The molecule has 1 N–H and O–H groups in total. The molecule has 0 saturated heterocycles. The highest BCUT2D eigenvalue weighted by Gasteiger charge is 2.01. The Morgan fingerprint density at radius 1 is 1.31 bits per heavy atom. The smallest absolute Gasteiger partial charge is 0.313 e. The van der Waals surface area contributed by atoms with E-state index >= 15 is 0 Å². The van der Waals surface area contributed by atoms with E-state index in [1.165, 1.54) is 11.8 Å². The first-order chi connectivity index (χ1) is 6.13. The molecule has 2 nitrogen and oxygen atoms in total. The minimum absolute atomic E-state index is 0.0381. The van der Waals surface area contributed by atoms with Crippen LogP contribution in [0.25, 0.3) is 0 Å². The van der Waals surface area contributed by atoms with Gasteiger partial charge in [0.2, 0.25) is 6.43 Å². The lowest BCUT2D eigenvalue weighted by Crippen LogP contribution is -1.98. The molecule has 5 heteroatoms. The van der Waals surface area contributed by atoms with Gasteiger partial charge in [-0.25, -0.2) is 8.78 Å². The Bertz CT molecular complexity index is 142. The van der Waals surface area contributed by atoms with Crippen LogP contribution in [0.4, 0.5) is 8.78 Å². The van der Waals surface area contributed by atoms with E-state index in [0.29, 0.717) is 6.42 Å². The van der Waals surface area contributed by atoms with Gasteiger partial charge in [0.05, 0.1) is 5.75 Å². The summed E-state index contributed by atoms with van der Waals surface area (Å²) < 4.78 is 23.3. The van der Waals surface area contributed by atoms with E-state index in [2.05, 4.69) is 0 Å². The van der Waals surface area contributed by atoms with Crippen LogP contribution in [0.3, 0.4) is 0 Å². The molecule has 0 rings (SSSR count). The molecule has 0 aromatic carbocycles. The highest BCUT2D eigenvalue weighted by atomic mass is 32.2. The first-order valence-corrected chi connectivity index (χ1v) is 5.36. The molecule has 0 fully saturated rings. The van der Waals surface area contributed by atoms with Crippen molar-refractivity contribution < 1.29 is 18.7 Å². The lowest BCUT2D eigenvalue weighted by molar-refractivity contribution is -0.133. The van der Waals surface area contributed by atoms with Crippen molar-refractivity contribution in [3.63, 3.8) is 0 Å². The average Bonchev–Trinajstić information content (AvgIpc) is 2.01. The molecule has 0 atom stereocenters.